The number of rotatable bonds is 5. The van der Waals surface area contributed by atoms with Crippen LogP contribution in [0.3, 0.4) is 0 Å². The van der Waals surface area contributed by atoms with Crippen LogP contribution in [0.15, 0.2) is 48.8 Å². The van der Waals surface area contributed by atoms with Gasteiger partial charge in [0, 0.05) is 62.5 Å². The van der Waals surface area contributed by atoms with E-state index < -0.39 is 0 Å². The van der Waals surface area contributed by atoms with Gasteiger partial charge in [-0.2, -0.15) is 0 Å². The minimum absolute atomic E-state index is 0.0187. The van der Waals surface area contributed by atoms with E-state index >= 15 is 0 Å². The maximum absolute atomic E-state index is 12.4. The summed E-state index contributed by atoms with van der Waals surface area (Å²) >= 11 is 0. The predicted molar refractivity (Wildman–Crippen MR) is 101 cm³/mol. The van der Waals surface area contributed by atoms with Crippen LogP contribution in [0.1, 0.15) is 39.1 Å². The van der Waals surface area contributed by atoms with Crippen LogP contribution >= 0.6 is 0 Å². The Morgan fingerprint density at radius 2 is 1.41 bits per heavy atom. The van der Waals surface area contributed by atoms with Crippen molar-refractivity contribution < 1.29 is 14.4 Å². The molecule has 0 atom stereocenters. The Hall–Kier alpha value is -3.02. The molecule has 6 nitrogen and oxygen atoms in total. The molecule has 2 aromatic rings. The summed E-state index contributed by atoms with van der Waals surface area (Å²) in [7, 11) is 0. The van der Waals surface area contributed by atoms with Crippen LogP contribution in [0.4, 0.5) is 0 Å². The number of pyridine rings is 1. The fourth-order valence-electron chi connectivity index (χ4n) is 3.10. The Morgan fingerprint density at radius 1 is 0.815 bits per heavy atom. The monoisotopic (exact) mass is 365 g/mol. The first-order valence-electron chi connectivity index (χ1n) is 9.11. The molecule has 0 radical (unpaired) electrons. The van der Waals surface area contributed by atoms with Gasteiger partial charge in [0.05, 0.1) is 0 Å². The third kappa shape index (κ3) is 4.78. The molecule has 1 saturated heterocycles. The lowest BCUT2D eigenvalue weighted by molar-refractivity contribution is -0.132. The number of amides is 2. The molecule has 1 fully saturated rings. The number of benzene rings is 1. The van der Waals surface area contributed by atoms with Gasteiger partial charge in [0.15, 0.2) is 5.78 Å². The van der Waals surface area contributed by atoms with Crippen molar-refractivity contribution in [2.45, 2.75) is 19.8 Å². The average Bonchev–Trinajstić information content (AvgIpc) is 2.72. The predicted octanol–water partition coefficient (Wildman–Crippen LogP) is 2.34. The fourth-order valence-corrected chi connectivity index (χ4v) is 3.10. The molecule has 0 spiro atoms. The highest BCUT2D eigenvalue weighted by Crippen LogP contribution is 2.12. The Kier molecular flexibility index (Phi) is 5.96. The number of aryl methyl sites for hydroxylation is 1. The van der Waals surface area contributed by atoms with E-state index in [1.54, 1.807) is 46.5 Å². The first-order valence-corrected chi connectivity index (χ1v) is 9.11. The second-order valence-corrected chi connectivity index (χ2v) is 6.70. The molecule has 2 heterocycles. The van der Waals surface area contributed by atoms with Crippen LogP contribution in [-0.4, -0.2) is 58.6 Å². The molecule has 27 heavy (non-hydrogen) atoms. The van der Waals surface area contributed by atoms with Crippen molar-refractivity contribution in [1.29, 1.82) is 0 Å². The van der Waals surface area contributed by atoms with E-state index in [-0.39, 0.29) is 30.4 Å². The molecule has 1 aliphatic heterocycles. The van der Waals surface area contributed by atoms with Crippen LogP contribution in [0.25, 0.3) is 0 Å². The first-order chi connectivity index (χ1) is 13.0. The van der Waals surface area contributed by atoms with Crippen molar-refractivity contribution in [3.63, 3.8) is 0 Å². The van der Waals surface area contributed by atoms with Gasteiger partial charge in [0.25, 0.3) is 5.91 Å². The van der Waals surface area contributed by atoms with Crippen molar-refractivity contribution in [2.75, 3.05) is 26.2 Å². The maximum Gasteiger partial charge on any atom is 0.254 e. The third-order valence-corrected chi connectivity index (χ3v) is 4.79. The molecule has 0 unspecified atom stereocenters. The van der Waals surface area contributed by atoms with Gasteiger partial charge in [-0.3, -0.25) is 19.4 Å². The zero-order chi connectivity index (χ0) is 19.2. The fraction of sp³-hybridized carbons (Fsp3) is 0.333. The number of carbonyl (C=O) groups excluding carboxylic acids is 3. The van der Waals surface area contributed by atoms with Gasteiger partial charge in [0.2, 0.25) is 5.91 Å². The lowest BCUT2D eigenvalue weighted by Gasteiger charge is -2.34. The first kappa shape index (κ1) is 18.8. The summed E-state index contributed by atoms with van der Waals surface area (Å²) in [6.07, 6.45) is 3.60. The van der Waals surface area contributed by atoms with Crippen molar-refractivity contribution in [1.82, 2.24) is 14.8 Å². The van der Waals surface area contributed by atoms with E-state index in [9.17, 15) is 14.4 Å². The number of hydrogen-bond acceptors (Lipinski definition) is 4. The Morgan fingerprint density at radius 3 is 2.04 bits per heavy atom. The van der Waals surface area contributed by atoms with E-state index in [4.69, 9.17) is 0 Å². The topological polar surface area (TPSA) is 70.6 Å². The summed E-state index contributed by atoms with van der Waals surface area (Å²) in [6.45, 7) is 3.96. The molecule has 0 N–H and O–H groups in total. The number of hydrogen-bond donors (Lipinski definition) is 0. The lowest BCUT2D eigenvalue weighted by Crippen LogP contribution is -2.50. The summed E-state index contributed by atoms with van der Waals surface area (Å²) in [5, 5.41) is 0. The summed E-state index contributed by atoms with van der Waals surface area (Å²) in [6, 6.07) is 10.8. The summed E-state index contributed by atoms with van der Waals surface area (Å²) in [5.41, 5.74) is 2.34. The number of aromatic nitrogens is 1. The van der Waals surface area contributed by atoms with Crippen LogP contribution in [0.2, 0.25) is 0 Å². The molecule has 1 aliphatic rings. The van der Waals surface area contributed by atoms with E-state index in [0.717, 1.165) is 5.56 Å². The Bertz CT molecular complexity index is 810. The van der Waals surface area contributed by atoms with E-state index in [1.807, 2.05) is 19.1 Å². The van der Waals surface area contributed by atoms with Crippen LogP contribution in [0.5, 0.6) is 0 Å². The Labute approximate surface area is 158 Å². The molecule has 0 aliphatic carbocycles. The molecular formula is C21H23N3O3. The standard InChI is InChI=1S/C21H23N3O3/c1-16-2-4-17(5-3-16)19(25)6-7-20(26)23-12-14-24(15-13-23)21(27)18-8-10-22-11-9-18/h2-5,8-11H,6-7,12-15H2,1H3. The molecule has 140 valence electrons. The molecule has 6 heteroatoms. The highest BCUT2D eigenvalue weighted by atomic mass is 16.2. The van der Waals surface area contributed by atoms with Crippen molar-refractivity contribution in [2.24, 2.45) is 0 Å². The molecule has 0 saturated carbocycles. The summed E-state index contributed by atoms with van der Waals surface area (Å²) < 4.78 is 0. The quantitative estimate of drug-likeness (QED) is 0.763. The minimum Gasteiger partial charge on any atom is -0.339 e. The molecular weight excluding hydrogens is 342 g/mol. The smallest absolute Gasteiger partial charge is 0.254 e. The van der Waals surface area contributed by atoms with E-state index in [0.29, 0.717) is 37.3 Å². The number of carbonyl (C=O) groups is 3. The van der Waals surface area contributed by atoms with Gasteiger partial charge < -0.3 is 9.80 Å². The van der Waals surface area contributed by atoms with Gasteiger partial charge in [-0.1, -0.05) is 29.8 Å². The van der Waals surface area contributed by atoms with Crippen LogP contribution in [-0.2, 0) is 4.79 Å². The van der Waals surface area contributed by atoms with Crippen LogP contribution < -0.4 is 0 Å². The normalized spacial score (nSPS) is 14.1. The molecule has 2 amide bonds. The third-order valence-electron chi connectivity index (χ3n) is 4.79. The second-order valence-electron chi connectivity index (χ2n) is 6.70. The molecule has 1 aromatic carbocycles. The highest BCUT2D eigenvalue weighted by molar-refractivity contribution is 5.98. The summed E-state index contributed by atoms with van der Waals surface area (Å²) in [4.78, 5) is 44.4. The zero-order valence-corrected chi connectivity index (χ0v) is 15.4. The largest absolute Gasteiger partial charge is 0.339 e. The van der Waals surface area contributed by atoms with E-state index in [2.05, 4.69) is 4.98 Å². The Balaban J connectivity index is 1.46. The SMILES string of the molecule is Cc1ccc(C(=O)CCC(=O)N2CCN(C(=O)c3ccncc3)CC2)cc1. The van der Waals surface area contributed by atoms with Gasteiger partial charge in [-0.05, 0) is 19.1 Å². The van der Waals surface area contributed by atoms with Crippen molar-refractivity contribution >= 4 is 17.6 Å². The molecule has 1 aromatic heterocycles. The van der Waals surface area contributed by atoms with Gasteiger partial charge >= 0.3 is 0 Å². The summed E-state index contributed by atoms with van der Waals surface area (Å²) in [5.74, 6) is -0.0969. The van der Waals surface area contributed by atoms with Gasteiger partial charge in [-0.15, -0.1) is 0 Å². The number of Topliss-reactive ketones (excluding diaryl/α,β-unsaturated/α-hetero) is 1. The number of piperazine rings is 1. The molecule has 3 rings (SSSR count). The van der Waals surface area contributed by atoms with Gasteiger partial charge in [-0.25, -0.2) is 0 Å². The van der Waals surface area contributed by atoms with Crippen molar-refractivity contribution in [3.8, 4) is 0 Å². The zero-order valence-electron chi connectivity index (χ0n) is 15.4. The lowest BCUT2D eigenvalue weighted by atomic mass is 10.0. The maximum atomic E-state index is 12.4. The van der Waals surface area contributed by atoms with E-state index in [1.165, 1.54) is 0 Å². The van der Waals surface area contributed by atoms with Crippen molar-refractivity contribution in [3.05, 3.63) is 65.5 Å². The van der Waals surface area contributed by atoms with Crippen LogP contribution in [0, 0.1) is 6.92 Å². The minimum atomic E-state index is -0.0425. The number of nitrogens with zero attached hydrogens (tertiary/aromatic N) is 3. The molecule has 0 bridgehead atoms. The second kappa shape index (κ2) is 8.58. The average molecular weight is 365 g/mol. The highest BCUT2D eigenvalue weighted by Gasteiger charge is 2.25. The number of ketones is 1. The van der Waals surface area contributed by atoms with Gasteiger partial charge in [0.1, 0.15) is 0 Å².